The molecule has 0 aliphatic carbocycles. The van der Waals surface area contributed by atoms with Crippen molar-refractivity contribution in [1.82, 2.24) is 15.3 Å². The van der Waals surface area contributed by atoms with Crippen molar-refractivity contribution in [2.24, 2.45) is 0 Å². The molecule has 0 aliphatic rings. The van der Waals surface area contributed by atoms with Crippen LogP contribution in [0.1, 0.15) is 13.8 Å². The summed E-state index contributed by atoms with van der Waals surface area (Å²) in [5.41, 5.74) is 0. The molecule has 4 nitrogen and oxygen atoms in total. The summed E-state index contributed by atoms with van der Waals surface area (Å²) in [6.45, 7) is 4.74. The lowest BCUT2D eigenvalue weighted by atomic mass is 10.3. The summed E-state index contributed by atoms with van der Waals surface area (Å²) >= 11 is 1.54. The van der Waals surface area contributed by atoms with Gasteiger partial charge in [0.05, 0.1) is 11.1 Å². The van der Waals surface area contributed by atoms with Gasteiger partial charge in [-0.3, -0.25) is 0 Å². The number of hydrogen-bond donors (Lipinski definition) is 2. The maximum absolute atomic E-state index is 9.63. The maximum atomic E-state index is 9.63. The summed E-state index contributed by atoms with van der Waals surface area (Å²) < 4.78 is 0. The molecule has 0 radical (unpaired) electrons. The molecule has 0 bridgehead atoms. The largest absolute Gasteiger partial charge is 0.391 e. The van der Waals surface area contributed by atoms with Gasteiger partial charge in [0, 0.05) is 24.5 Å². The van der Waals surface area contributed by atoms with E-state index in [4.69, 9.17) is 0 Å². The summed E-state index contributed by atoms with van der Waals surface area (Å²) in [4.78, 5) is 7.90. The third-order valence-electron chi connectivity index (χ3n) is 1.74. The molecule has 15 heavy (non-hydrogen) atoms. The van der Waals surface area contributed by atoms with Crippen LogP contribution < -0.4 is 5.32 Å². The minimum absolute atomic E-state index is 0.340. The van der Waals surface area contributed by atoms with E-state index in [2.05, 4.69) is 29.1 Å². The first-order valence-electron chi connectivity index (χ1n) is 4.98. The first-order valence-corrected chi connectivity index (χ1v) is 5.97. The van der Waals surface area contributed by atoms with Crippen LogP contribution >= 0.6 is 11.8 Å². The fourth-order valence-electron chi connectivity index (χ4n) is 0.976. The molecule has 0 saturated heterocycles. The second-order valence-corrected chi connectivity index (χ2v) is 4.62. The fourth-order valence-corrected chi connectivity index (χ4v) is 1.74. The van der Waals surface area contributed by atoms with Gasteiger partial charge in [-0.05, 0) is 6.07 Å². The van der Waals surface area contributed by atoms with Crippen molar-refractivity contribution in [3.8, 4) is 0 Å². The number of nitrogens with one attached hydrogen (secondary N) is 1. The summed E-state index contributed by atoms with van der Waals surface area (Å²) in [5, 5.41) is 13.7. The van der Waals surface area contributed by atoms with Crippen LogP contribution in [-0.2, 0) is 0 Å². The van der Waals surface area contributed by atoms with Gasteiger partial charge >= 0.3 is 0 Å². The average Bonchev–Trinajstić information content (AvgIpc) is 2.25. The monoisotopic (exact) mass is 227 g/mol. The Balaban J connectivity index is 2.19. The van der Waals surface area contributed by atoms with Crippen molar-refractivity contribution in [1.29, 1.82) is 0 Å². The molecule has 0 aromatic carbocycles. The van der Waals surface area contributed by atoms with Crippen LogP contribution in [0.5, 0.6) is 0 Å². The van der Waals surface area contributed by atoms with Crippen LogP contribution in [0.15, 0.2) is 23.6 Å². The molecular weight excluding hydrogens is 210 g/mol. The Bertz CT molecular complexity index is 269. The number of hydrogen-bond acceptors (Lipinski definition) is 5. The summed E-state index contributed by atoms with van der Waals surface area (Å²) in [7, 11) is 0. The fraction of sp³-hybridized carbons (Fsp3) is 0.600. The highest BCUT2D eigenvalue weighted by molar-refractivity contribution is 7.99. The van der Waals surface area contributed by atoms with Gasteiger partial charge in [0.15, 0.2) is 0 Å². The predicted octanol–water partition coefficient (Wildman–Crippen LogP) is 0.928. The zero-order valence-corrected chi connectivity index (χ0v) is 9.87. The SMILES string of the molecule is CC(C)NCC(O)CSc1ccncn1. The van der Waals surface area contributed by atoms with Crippen molar-refractivity contribution >= 4 is 11.8 Å². The number of rotatable bonds is 6. The predicted molar refractivity (Wildman–Crippen MR) is 61.9 cm³/mol. The molecule has 0 aliphatic heterocycles. The lowest BCUT2D eigenvalue weighted by Crippen LogP contribution is -2.33. The third kappa shape index (κ3) is 5.71. The number of nitrogens with zero attached hydrogens (tertiary/aromatic N) is 2. The number of thioether (sulfide) groups is 1. The van der Waals surface area contributed by atoms with Crippen molar-refractivity contribution < 1.29 is 5.11 Å². The molecule has 5 heteroatoms. The van der Waals surface area contributed by atoms with Crippen LogP contribution in [0.2, 0.25) is 0 Å². The zero-order chi connectivity index (χ0) is 11.1. The molecule has 0 saturated carbocycles. The summed E-state index contributed by atoms with van der Waals surface area (Å²) in [6, 6.07) is 2.25. The van der Waals surface area contributed by atoms with Gasteiger partial charge in [0.2, 0.25) is 0 Å². The average molecular weight is 227 g/mol. The lowest BCUT2D eigenvalue weighted by molar-refractivity contribution is 0.192. The van der Waals surface area contributed by atoms with Crippen LogP contribution in [0.3, 0.4) is 0 Å². The van der Waals surface area contributed by atoms with E-state index in [9.17, 15) is 5.11 Å². The Hall–Kier alpha value is -0.650. The minimum atomic E-state index is -0.340. The van der Waals surface area contributed by atoms with Gasteiger partial charge in [-0.25, -0.2) is 9.97 Å². The van der Waals surface area contributed by atoms with Gasteiger partial charge in [0.1, 0.15) is 6.33 Å². The van der Waals surface area contributed by atoms with Crippen LogP contribution in [-0.4, -0.2) is 39.5 Å². The van der Waals surface area contributed by atoms with Crippen LogP contribution in [0.4, 0.5) is 0 Å². The van der Waals surface area contributed by atoms with E-state index in [1.807, 2.05) is 6.07 Å². The Morgan fingerprint density at radius 2 is 2.33 bits per heavy atom. The molecule has 1 atom stereocenters. The van der Waals surface area contributed by atoms with Gasteiger partial charge in [-0.1, -0.05) is 13.8 Å². The van der Waals surface area contributed by atoms with Gasteiger partial charge in [-0.2, -0.15) is 0 Å². The molecular formula is C10H17N3OS. The first kappa shape index (κ1) is 12.4. The molecule has 1 unspecified atom stereocenters. The number of aliphatic hydroxyl groups is 1. The second kappa shape index (κ2) is 6.76. The number of aromatic nitrogens is 2. The topological polar surface area (TPSA) is 58.0 Å². The second-order valence-electron chi connectivity index (χ2n) is 3.58. The standard InChI is InChI=1S/C10H17N3OS/c1-8(2)12-5-9(14)6-15-10-3-4-11-7-13-10/h3-4,7-9,12,14H,5-6H2,1-2H3. The van der Waals surface area contributed by atoms with Crippen molar-refractivity contribution in [3.05, 3.63) is 18.6 Å². The Kier molecular flexibility index (Phi) is 5.60. The molecule has 0 amide bonds. The van der Waals surface area contributed by atoms with E-state index >= 15 is 0 Å². The molecule has 1 aromatic heterocycles. The van der Waals surface area contributed by atoms with Crippen LogP contribution in [0.25, 0.3) is 0 Å². The Morgan fingerprint density at radius 1 is 1.53 bits per heavy atom. The zero-order valence-electron chi connectivity index (χ0n) is 9.05. The molecule has 1 aromatic rings. The molecule has 1 rings (SSSR count). The lowest BCUT2D eigenvalue weighted by Gasteiger charge is -2.13. The minimum Gasteiger partial charge on any atom is -0.391 e. The third-order valence-corrected chi connectivity index (χ3v) is 2.83. The highest BCUT2D eigenvalue weighted by atomic mass is 32.2. The maximum Gasteiger partial charge on any atom is 0.116 e. The van der Waals surface area contributed by atoms with Crippen molar-refractivity contribution in [2.75, 3.05) is 12.3 Å². The van der Waals surface area contributed by atoms with E-state index < -0.39 is 0 Å². The van der Waals surface area contributed by atoms with E-state index in [1.165, 1.54) is 18.1 Å². The first-order chi connectivity index (χ1) is 7.18. The highest BCUT2D eigenvalue weighted by Crippen LogP contribution is 2.14. The smallest absolute Gasteiger partial charge is 0.116 e. The van der Waals surface area contributed by atoms with Gasteiger partial charge < -0.3 is 10.4 Å². The van der Waals surface area contributed by atoms with E-state index in [0.717, 1.165) is 5.03 Å². The van der Waals surface area contributed by atoms with Crippen molar-refractivity contribution in [3.63, 3.8) is 0 Å². The molecule has 0 fully saturated rings. The number of aliphatic hydroxyl groups excluding tert-OH is 1. The summed E-state index contributed by atoms with van der Waals surface area (Å²) in [5.74, 6) is 0.650. The Labute approximate surface area is 94.5 Å². The quantitative estimate of drug-likeness (QED) is 0.559. The Morgan fingerprint density at radius 3 is 2.93 bits per heavy atom. The molecule has 84 valence electrons. The van der Waals surface area contributed by atoms with Gasteiger partial charge in [0.25, 0.3) is 0 Å². The summed E-state index contributed by atoms with van der Waals surface area (Å²) in [6.07, 6.45) is 2.88. The van der Waals surface area contributed by atoms with Crippen molar-refractivity contribution in [2.45, 2.75) is 31.0 Å². The van der Waals surface area contributed by atoms with Gasteiger partial charge in [-0.15, -0.1) is 11.8 Å². The molecule has 1 heterocycles. The molecule has 0 spiro atoms. The normalized spacial score (nSPS) is 13.1. The molecule has 2 N–H and O–H groups in total. The highest BCUT2D eigenvalue weighted by Gasteiger charge is 2.05. The van der Waals surface area contributed by atoms with E-state index in [0.29, 0.717) is 18.3 Å². The van der Waals surface area contributed by atoms with E-state index in [-0.39, 0.29) is 6.10 Å². The van der Waals surface area contributed by atoms with E-state index in [1.54, 1.807) is 6.20 Å². The van der Waals surface area contributed by atoms with Crippen LogP contribution in [0, 0.1) is 0 Å².